The highest BCUT2D eigenvalue weighted by atomic mass is 32.2. The minimum absolute atomic E-state index is 0.0931. The fourth-order valence-corrected chi connectivity index (χ4v) is 5.54. The van der Waals surface area contributed by atoms with E-state index in [1.54, 1.807) is 11.6 Å². The van der Waals surface area contributed by atoms with Gasteiger partial charge in [-0.05, 0) is 29.7 Å². The maximum atomic E-state index is 13.2. The fourth-order valence-electron chi connectivity index (χ4n) is 4.06. The lowest BCUT2D eigenvalue weighted by atomic mass is 9.95. The monoisotopic (exact) mass is 477 g/mol. The van der Waals surface area contributed by atoms with Crippen LogP contribution >= 0.6 is 0 Å². The molecule has 1 atom stereocenters. The molecule has 1 N–H and O–H groups in total. The number of nitrogens with zero attached hydrogens (tertiary/aromatic N) is 2. The fraction of sp³-hybridized carbons (Fsp3) is 0.522. The maximum absolute atomic E-state index is 13.2. The van der Waals surface area contributed by atoms with Crippen LogP contribution in [0.5, 0.6) is 11.5 Å². The number of aromatic nitrogens is 1. The van der Waals surface area contributed by atoms with Crippen molar-refractivity contribution in [3.8, 4) is 11.5 Å². The number of benzene rings is 1. The van der Waals surface area contributed by atoms with Gasteiger partial charge in [-0.2, -0.15) is 4.31 Å². The Bertz CT molecular complexity index is 1110. The first kappa shape index (κ1) is 23.6. The van der Waals surface area contributed by atoms with Gasteiger partial charge in [-0.15, -0.1) is 0 Å². The van der Waals surface area contributed by atoms with Crippen molar-refractivity contribution in [1.82, 2.24) is 14.2 Å². The molecule has 1 fully saturated rings. The Hall–Kier alpha value is -2.56. The minimum atomic E-state index is -3.69. The van der Waals surface area contributed by atoms with Gasteiger partial charge in [-0.25, -0.2) is 8.42 Å². The number of nitrogens with one attached hydrogen (secondary N) is 1. The van der Waals surface area contributed by atoms with E-state index in [2.05, 4.69) is 5.32 Å². The standard InChI is InChI=1S/C23H31N3O6S/c1-16(2)22(17-5-6-20-21(13-17)32-10-4-9-31-20)24-23(27)19-14-18(15-25(19)3)33(28,29)26-7-11-30-12-8-26/h5-6,13-16,22H,4,7-12H2,1-3H3,(H,24,27). The third kappa shape index (κ3) is 5.02. The molecule has 1 aromatic carbocycles. The molecule has 2 aliphatic rings. The Morgan fingerprint density at radius 1 is 1.03 bits per heavy atom. The number of rotatable bonds is 6. The SMILES string of the molecule is CC(C)C(NC(=O)c1cc(S(=O)(=O)N2CCOCC2)cn1C)c1ccc2c(c1)OCCCO2. The van der Waals surface area contributed by atoms with Gasteiger partial charge in [0.1, 0.15) is 10.6 Å². The van der Waals surface area contributed by atoms with Crippen molar-refractivity contribution in [3.05, 3.63) is 41.7 Å². The summed E-state index contributed by atoms with van der Waals surface area (Å²) in [6.45, 7) is 6.58. The Kier molecular flexibility index (Phi) is 6.96. The third-order valence-electron chi connectivity index (χ3n) is 5.90. The Balaban J connectivity index is 1.56. The van der Waals surface area contributed by atoms with E-state index in [9.17, 15) is 13.2 Å². The van der Waals surface area contributed by atoms with Crippen LogP contribution in [0, 0.1) is 5.92 Å². The van der Waals surface area contributed by atoms with Gasteiger partial charge < -0.3 is 24.1 Å². The molecular weight excluding hydrogens is 446 g/mol. The number of carbonyl (C=O) groups is 1. The second-order valence-corrected chi connectivity index (χ2v) is 10.6. The smallest absolute Gasteiger partial charge is 0.268 e. The molecule has 0 saturated carbocycles. The Morgan fingerprint density at radius 2 is 1.73 bits per heavy atom. The minimum Gasteiger partial charge on any atom is -0.490 e. The molecule has 4 rings (SSSR count). The number of fused-ring (bicyclic) bond motifs is 1. The summed E-state index contributed by atoms with van der Waals surface area (Å²) in [7, 11) is -2.01. The van der Waals surface area contributed by atoms with Gasteiger partial charge in [0.2, 0.25) is 10.0 Å². The first-order valence-corrected chi connectivity index (χ1v) is 12.7. The summed E-state index contributed by atoms with van der Waals surface area (Å²) >= 11 is 0. The van der Waals surface area contributed by atoms with Crippen LogP contribution in [0.4, 0.5) is 0 Å². The molecule has 1 aromatic heterocycles. The summed E-state index contributed by atoms with van der Waals surface area (Å²) in [6.07, 6.45) is 2.30. The lowest BCUT2D eigenvalue weighted by molar-refractivity contribution is 0.0730. The molecule has 9 nitrogen and oxygen atoms in total. The van der Waals surface area contributed by atoms with Crippen molar-refractivity contribution in [1.29, 1.82) is 0 Å². The Labute approximate surface area is 194 Å². The number of amides is 1. The number of ether oxygens (including phenoxy) is 3. The highest BCUT2D eigenvalue weighted by Crippen LogP contribution is 2.34. The van der Waals surface area contributed by atoms with Crippen molar-refractivity contribution in [2.45, 2.75) is 31.2 Å². The van der Waals surface area contributed by atoms with E-state index in [0.717, 1.165) is 12.0 Å². The molecule has 180 valence electrons. The van der Waals surface area contributed by atoms with Gasteiger partial charge in [0, 0.05) is 32.8 Å². The molecule has 0 spiro atoms. The van der Waals surface area contributed by atoms with Crippen LogP contribution in [-0.4, -0.2) is 62.7 Å². The maximum Gasteiger partial charge on any atom is 0.268 e. The van der Waals surface area contributed by atoms with Crippen LogP contribution in [0.25, 0.3) is 0 Å². The lowest BCUT2D eigenvalue weighted by Gasteiger charge is -2.25. The average Bonchev–Trinajstić information content (AvgIpc) is 3.05. The quantitative estimate of drug-likeness (QED) is 0.686. The van der Waals surface area contributed by atoms with Gasteiger partial charge in [-0.1, -0.05) is 19.9 Å². The zero-order chi connectivity index (χ0) is 23.6. The van der Waals surface area contributed by atoms with Gasteiger partial charge in [0.05, 0.1) is 32.5 Å². The number of morpholine rings is 1. The highest BCUT2D eigenvalue weighted by Gasteiger charge is 2.30. The van der Waals surface area contributed by atoms with E-state index in [4.69, 9.17) is 14.2 Å². The van der Waals surface area contributed by atoms with Crippen LogP contribution in [0.3, 0.4) is 0 Å². The number of sulfonamides is 1. The van der Waals surface area contributed by atoms with Gasteiger partial charge >= 0.3 is 0 Å². The summed E-state index contributed by atoms with van der Waals surface area (Å²) in [5.74, 6) is 1.12. The number of hydrogen-bond donors (Lipinski definition) is 1. The molecule has 1 amide bonds. The van der Waals surface area contributed by atoms with E-state index in [0.29, 0.717) is 51.0 Å². The van der Waals surface area contributed by atoms with Crippen LogP contribution in [-0.2, 0) is 21.8 Å². The molecular formula is C23H31N3O6S. The largest absolute Gasteiger partial charge is 0.490 e. The van der Waals surface area contributed by atoms with Crippen molar-refractivity contribution < 1.29 is 27.4 Å². The third-order valence-corrected chi connectivity index (χ3v) is 7.77. The van der Waals surface area contributed by atoms with Crippen LogP contribution in [0.2, 0.25) is 0 Å². The van der Waals surface area contributed by atoms with E-state index in [-0.39, 0.29) is 28.5 Å². The first-order valence-electron chi connectivity index (χ1n) is 11.2. The average molecular weight is 478 g/mol. The molecule has 10 heteroatoms. The zero-order valence-corrected chi connectivity index (χ0v) is 20.1. The van der Waals surface area contributed by atoms with Gasteiger partial charge in [-0.3, -0.25) is 4.79 Å². The predicted octanol–water partition coefficient (Wildman–Crippen LogP) is 2.33. The number of aryl methyl sites for hydroxylation is 1. The van der Waals surface area contributed by atoms with E-state index >= 15 is 0 Å². The summed E-state index contributed by atoms with van der Waals surface area (Å²) in [5, 5.41) is 3.07. The predicted molar refractivity (Wildman–Crippen MR) is 122 cm³/mol. The highest BCUT2D eigenvalue weighted by molar-refractivity contribution is 7.89. The van der Waals surface area contributed by atoms with Crippen molar-refractivity contribution in [2.75, 3.05) is 39.5 Å². The second-order valence-electron chi connectivity index (χ2n) is 8.64. The molecule has 0 bridgehead atoms. The van der Waals surface area contributed by atoms with Crippen LogP contribution in [0.1, 0.15) is 42.4 Å². The molecule has 0 aliphatic carbocycles. The second kappa shape index (κ2) is 9.74. The van der Waals surface area contributed by atoms with Crippen LogP contribution < -0.4 is 14.8 Å². The summed E-state index contributed by atoms with van der Waals surface area (Å²) in [6, 6.07) is 6.85. The topological polar surface area (TPSA) is 99.1 Å². The molecule has 1 unspecified atom stereocenters. The first-order chi connectivity index (χ1) is 15.8. The Morgan fingerprint density at radius 3 is 2.42 bits per heavy atom. The van der Waals surface area contributed by atoms with Crippen LogP contribution in [0.15, 0.2) is 35.4 Å². The molecule has 33 heavy (non-hydrogen) atoms. The van der Waals surface area contributed by atoms with Gasteiger partial charge in [0.25, 0.3) is 5.91 Å². The summed E-state index contributed by atoms with van der Waals surface area (Å²) < 4.78 is 45.7. The van der Waals surface area contributed by atoms with E-state index < -0.39 is 10.0 Å². The van der Waals surface area contributed by atoms with Crippen molar-refractivity contribution in [3.63, 3.8) is 0 Å². The number of carbonyl (C=O) groups excluding carboxylic acids is 1. The molecule has 1 saturated heterocycles. The summed E-state index contributed by atoms with van der Waals surface area (Å²) in [5.41, 5.74) is 1.18. The van der Waals surface area contributed by atoms with E-state index in [1.807, 2.05) is 32.0 Å². The molecule has 2 aliphatic heterocycles. The zero-order valence-electron chi connectivity index (χ0n) is 19.2. The summed E-state index contributed by atoms with van der Waals surface area (Å²) in [4.78, 5) is 13.3. The van der Waals surface area contributed by atoms with Gasteiger partial charge in [0.15, 0.2) is 11.5 Å². The van der Waals surface area contributed by atoms with E-state index in [1.165, 1.54) is 16.6 Å². The lowest BCUT2D eigenvalue weighted by Crippen LogP contribution is -2.40. The van der Waals surface area contributed by atoms with Crippen molar-refractivity contribution >= 4 is 15.9 Å². The van der Waals surface area contributed by atoms with Crippen molar-refractivity contribution in [2.24, 2.45) is 13.0 Å². The number of hydrogen-bond acceptors (Lipinski definition) is 6. The molecule has 2 aromatic rings. The molecule has 3 heterocycles. The molecule has 0 radical (unpaired) electrons. The normalized spacial score (nSPS) is 18.1.